The fraction of sp³-hybridized carbons (Fsp3) is 0.440. The minimum Gasteiger partial charge on any atom is -0.486 e. The molecule has 0 saturated carbocycles. The molecule has 34 heavy (non-hydrogen) atoms. The van der Waals surface area contributed by atoms with Crippen molar-refractivity contribution in [1.29, 1.82) is 0 Å². The Labute approximate surface area is 201 Å². The number of carbonyl (C=O) groups excluding carboxylic acids is 2. The first-order valence-electron chi connectivity index (χ1n) is 11.0. The standard InChI is InChI=1S/C25H32N2O6S/c1-15-10-16(2)12-18(11-15)24(29)27(25(4,5)6)26-23(28)20-8-9-21-22(17(20)3)33-19(13-32-21)14-34(7,30)31/h8-12,19H,13-14H2,1-7H3,(H,26,28)/t19-/m1/s1. The van der Waals surface area contributed by atoms with Crippen molar-refractivity contribution < 1.29 is 27.5 Å². The van der Waals surface area contributed by atoms with Gasteiger partial charge in [-0.3, -0.25) is 15.0 Å². The molecule has 8 nitrogen and oxygen atoms in total. The molecular formula is C25H32N2O6S. The van der Waals surface area contributed by atoms with E-state index >= 15 is 0 Å². The molecule has 1 atom stereocenters. The van der Waals surface area contributed by atoms with Crippen LogP contribution in [0, 0.1) is 20.8 Å². The zero-order valence-corrected chi connectivity index (χ0v) is 21.5. The van der Waals surface area contributed by atoms with Crippen molar-refractivity contribution in [1.82, 2.24) is 10.4 Å². The predicted molar refractivity (Wildman–Crippen MR) is 130 cm³/mol. The van der Waals surface area contributed by atoms with Crippen molar-refractivity contribution >= 4 is 21.7 Å². The lowest BCUT2D eigenvalue weighted by Crippen LogP contribution is -2.56. The SMILES string of the molecule is Cc1cc(C)cc(C(=O)N(NC(=O)c2ccc3c(c2C)O[C@@H](CS(C)(=O)=O)CO3)C(C)(C)C)c1. The number of fused-ring (bicyclic) bond motifs is 1. The number of nitrogens with zero attached hydrogens (tertiary/aromatic N) is 1. The van der Waals surface area contributed by atoms with Crippen LogP contribution in [0.2, 0.25) is 0 Å². The molecule has 184 valence electrons. The van der Waals surface area contributed by atoms with Crippen molar-refractivity contribution in [3.63, 3.8) is 0 Å². The van der Waals surface area contributed by atoms with E-state index in [1.807, 2.05) is 40.7 Å². The largest absolute Gasteiger partial charge is 0.486 e. The summed E-state index contributed by atoms with van der Waals surface area (Å²) in [4.78, 5) is 26.7. The van der Waals surface area contributed by atoms with E-state index in [-0.39, 0.29) is 18.3 Å². The summed E-state index contributed by atoms with van der Waals surface area (Å²) in [6, 6.07) is 8.77. The lowest BCUT2D eigenvalue weighted by atomic mass is 10.0. The summed E-state index contributed by atoms with van der Waals surface area (Å²) < 4.78 is 34.9. The van der Waals surface area contributed by atoms with Crippen molar-refractivity contribution in [2.75, 3.05) is 18.6 Å². The highest BCUT2D eigenvalue weighted by Gasteiger charge is 2.32. The Morgan fingerprint density at radius 1 is 1.09 bits per heavy atom. The molecule has 0 fully saturated rings. The number of aryl methyl sites for hydroxylation is 2. The third-order valence-corrected chi connectivity index (χ3v) is 6.35. The van der Waals surface area contributed by atoms with Gasteiger partial charge in [0, 0.05) is 22.9 Å². The fourth-order valence-corrected chi connectivity index (χ4v) is 4.73. The Kier molecular flexibility index (Phi) is 6.98. The third kappa shape index (κ3) is 5.88. The molecule has 0 aromatic heterocycles. The number of carbonyl (C=O) groups is 2. The van der Waals surface area contributed by atoms with Crippen LogP contribution in [0.4, 0.5) is 0 Å². The molecule has 0 spiro atoms. The molecule has 0 bridgehead atoms. The number of amides is 2. The van der Waals surface area contributed by atoms with Crippen LogP contribution in [0.15, 0.2) is 30.3 Å². The van der Waals surface area contributed by atoms with Crippen LogP contribution in [0.25, 0.3) is 0 Å². The topological polar surface area (TPSA) is 102 Å². The van der Waals surface area contributed by atoms with Crippen LogP contribution in [-0.4, -0.2) is 55.5 Å². The van der Waals surface area contributed by atoms with Crippen LogP contribution in [0.5, 0.6) is 11.5 Å². The number of ether oxygens (including phenoxy) is 2. The normalized spacial score (nSPS) is 15.6. The Balaban J connectivity index is 1.89. The zero-order valence-electron chi connectivity index (χ0n) is 20.7. The first-order valence-corrected chi connectivity index (χ1v) is 13.1. The molecule has 1 aliphatic heterocycles. The fourth-order valence-electron chi connectivity index (χ4n) is 3.89. The Hall–Kier alpha value is -3.07. The number of sulfone groups is 1. The number of rotatable bonds is 4. The average Bonchev–Trinajstić information content (AvgIpc) is 2.69. The van der Waals surface area contributed by atoms with Crippen LogP contribution >= 0.6 is 0 Å². The van der Waals surface area contributed by atoms with E-state index in [2.05, 4.69) is 5.43 Å². The van der Waals surface area contributed by atoms with Crippen molar-refractivity contribution in [3.05, 3.63) is 58.1 Å². The lowest BCUT2D eigenvalue weighted by Gasteiger charge is -2.36. The minimum atomic E-state index is -3.27. The molecule has 2 aromatic rings. The number of hydrazine groups is 1. The molecule has 9 heteroatoms. The number of hydrogen-bond donors (Lipinski definition) is 1. The molecule has 0 unspecified atom stereocenters. The Morgan fingerprint density at radius 2 is 1.71 bits per heavy atom. The van der Waals surface area contributed by atoms with Crippen LogP contribution in [0.3, 0.4) is 0 Å². The average molecular weight is 489 g/mol. The monoisotopic (exact) mass is 488 g/mol. The summed E-state index contributed by atoms with van der Waals surface area (Å²) in [6.07, 6.45) is 0.466. The van der Waals surface area contributed by atoms with E-state index in [1.165, 1.54) is 5.01 Å². The summed E-state index contributed by atoms with van der Waals surface area (Å²) in [5.74, 6) is -0.226. The second-order valence-corrected chi connectivity index (χ2v) is 12.0. The first-order chi connectivity index (χ1) is 15.7. The van der Waals surface area contributed by atoms with E-state index in [1.54, 1.807) is 31.2 Å². The second kappa shape index (κ2) is 9.29. The summed E-state index contributed by atoms with van der Waals surface area (Å²) in [5, 5.41) is 1.33. The van der Waals surface area contributed by atoms with E-state index in [0.29, 0.717) is 28.2 Å². The molecule has 0 radical (unpaired) electrons. The molecule has 1 heterocycles. The van der Waals surface area contributed by atoms with Gasteiger partial charge >= 0.3 is 0 Å². The summed E-state index contributed by atoms with van der Waals surface area (Å²) in [6.45, 7) is 11.1. The van der Waals surface area contributed by atoms with Gasteiger partial charge in [-0.2, -0.15) is 0 Å². The van der Waals surface area contributed by atoms with Crippen molar-refractivity contribution in [3.8, 4) is 11.5 Å². The summed E-state index contributed by atoms with van der Waals surface area (Å²) in [7, 11) is -3.27. The molecule has 2 amide bonds. The van der Waals surface area contributed by atoms with Gasteiger partial charge < -0.3 is 9.47 Å². The van der Waals surface area contributed by atoms with Crippen molar-refractivity contribution in [2.24, 2.45) is 0 Å². The number of hydrogen-bond acceptors (Lipinski definition) is 6. The molecule has 1 aliphatic rings. The van der Waals surface area contributed by atoms with Crippen LogP contribution in [-0.2, 0) is 9.84 Å². The lowest BCUT2D eigenvalue weighted by molar-refractivity contribution is 0.0357. The smallest absolute Gasteiger partial charge is 0.272 e. The van der Waals surface area contributed by atoms with E-state index in [4.69, 9.17) is 9.47 Å². The number of benzene rings is 2. The molecule has 0 aliphatic carbocycles. The maximum atomic E-state index is 13.4. The minimum absolute atomic E-state index is 0.104. The molecule has 3 rings (SSSR count). The van der Waals surface area contributed by atoms with Gasteiger partial charge in [0.25, 0.3) is 11.8 Å². The zero-order chi connectivity index (χ0) is 25.4. The van der Waals surface area contributed by atoms with Gasteiger partial charge in [0.2, 0.25) is 0 Å². The van der Waals surface area contributed by atoms with E-state index < -0.39 is 27.4 Å². The van der Waals surface area contributed by atoms with Gasteiger partial charge in [-0.1, -0.05) is 17.2 Å². The van der Waals surface area contributed by atoms with Crippen LogP contribution in [0.1, 0.15) is 58.2 Å². The molecule has 0 saturated heterocycles. The maximum Gasteiger partial charge on any atom is 0.272 e. The Bertz CT molecular complexity index is 1210. The quantitative estimate of drug-likeness (QED) is 0.662. The highest BCUT2D eigenvalue weighted by Crippen LogP contribution is 2.37. The molecular weight excluding hydrogens is 456 g/mol. The summed E-state index contributed by atoms with van der Waals surface area (Å²) >= 11 is 0. The highest BCUT2D eigenvalue weighted by atomic mass is 32.2. The van der Waals surface area contributed by atoms with Gasteiger partial charge in [-0.15, -0.1) is 0 Å². The van der Waals surface area contributed by atoms with Crippen LogP contribution < -0.4 is 14.9 Å². The molecule has 2 aromatic carbocycles. The Morgan fingerprint density at radius 3 is 2.26 bits per heavy atom. The number of nitrogens with one attached hydrogen (secondary N) is 1. The van der Waals surface area contributed by atoms with Crippen molar-refractivity contribution in [2.45, 2.75) is 53.2 Å². The van der Waals surface area contributed by atoms with Gasteiger partial charge in [-0.05, 0) is 65.8 Å². The molecule has 1 N–H and O–H groups in total. The second-order valence-electron chi connectivity index (χ2n) is 9.84. The van der Waals surface area contributed by atoms with E-state index in [0.717, 1.165) is 17.4 Å². The summed E-state index contributed by atoms with van der Waals surface area (Å²) in [5.41, 5.74) is 5.24. The predicted octanol–water partition coefficient (Wildman–Crippen LogP) is 3.38. The van der Waals surface area contributed by atoms with Gasteiger partial charge in [0.1, 0.15) is 12.7 Å². The van der Waals surface area contributed by atoms with Gasteiger partial charge in [0.05, 0.1) is 11.3 Å². The first kappa shape index (κ1) is 25.6. The highest BCUT2D eigenvalue weighted by molar-refractivity contribution is 7.90. The van der Waals surface area contributed by atoms with Gasteiger partial charge in [-0.25, -0.2) is 13.4 Å². The third-order valence-electron chi connectivity index (χ3n) is 5.37. The van der Waals surface area contributed by atoms with E-state index in [9.17, 15) is 18.0 Å². The van der Waals surface area contributed by atoms with Gasteiger partial charge in [0.15, 0.2) is 21.3 Å². The maximum absolute atomic E-state index is 13.4.